The van der Waals surface area contributed by atoms with Gasteiger partial charge in [0.25, 0.3) is 5.91 Å². The molecule has 1 atom stereocenters. The SMILES string of the molecule is CC1CCN(C(=O)c2coc(CN3CCN(CC(O)COC(C)(C)C)CC3)n2)CC1. The number of nitrogens with zero attached hydrogens (tertiary/aromatic N) is 4. The normalized spacial score (nSPS) is 21.2. The van der Waals surface area contributed by atoms with Crippen LogP contribution < -0.4 is 0 Å². The van der Waals surface area contributed by atoms with Gasteiger partial charge in [0.1, 0.15) is 6.26 Å². The maximum atomic E-state index is 12.6. The first-order chi connectivity index (χ1) is 14.2. The van der Waals surface area contributed by atoms with E-state index in [2.05, 4.69) is 21.7 Å². The van der Waals surface area contributed by atoms with Crippen molar-refractivity contribution in [1.29, 1.82) is 0 Å². The van der Waals surface area contributed by atoms with Gasteiger partial charge in [-0.05, 0) is 39.5 Å². The van der Waals surface area contributed by atoms with E-state index in [1.54, 1.807) is 0 Å². The van der Waals surface area contributed by atoms with Crippen LogP contribution in [0, 0.1) is 5.92 Å². The van der Waals surface area contributed by atoms with Crippen LogP contribution in [0.3, 0.4) is 0 Å². The molecule has 1 N–H and O–H groups in total. The number of piperazine rings is 1. The first kappa shape index (κ1) is 23.2. The molecule has 0 bridgehead atoms. The third-order valence-electron chi connectivity index (χ3n) is 5.84. The van der Waals surface area contributed by atoms with Crippen LogP contribution in [0.1, 0.15) is 56.9 Å². The largest absolute Gasteiger partial charge is 0.447 e. The number of amides is 1. The van der Waals surface area contributed by atoms with Crippen molar-refractivity contribution in [2.24, 2.45) is 5.92 Å². The number of carbonyl (C=O) groups excluding carboxylic acids is 1. The van der Waals surface area contributed by atoms with Gasteiger partial charge in [-0.3, -0.25) is 14.6 Å². The quantitative estimate of drug-likeness (QED) is 0.718. The van der Waals surface area contributed by atoms with Crippen molar-refractivity contribution < 1.29 is 19.1 Å². The van der Waals surface area contributed by atoms with E-state index in [1.165, 1.54) is 6.26 Å². The summed E-state index contributed by atoms with van der Waals surface area (Å²) in [4.78, 5) is 23.5. The Kier molecular flexibility index (Phi) is 7.90. The Hall–Kier alpha value is -1.48. The van der Waals surface area contributed by atoms with E-state index < -0.39 is 6.10 Å². The zero-order chi connectivity index (χ0) is 21.7. The smallest absolute Gasteiger partial charge is 0.275 e. The van der Waals surface area contributed by atoms with E-state index in [9.17, 15) is 9.90 Å². The van der Waals surface area contributed by atoms with Gasteiger partial charge in [0, 0.05) is 45.8 Å². The lowest BCUT2D eigenvalue weighted by Crippen LogP contribution is -2.49. The molecule has 2 aliphatic rings. The molecule has 0 spiro atoms. The highest BCUT2D eigenvalue weighted by Crippen LogP contribution is 2.18. The zero-order valence-corrected chi connectivity index (χ0v) is 19.0. The molecule has 2 fully saturated rings. The Bertz CT molecular complexity index is 671. The van der Waals surface area contributed by atoms with Gasteiger partial charge >= 0.3 is 0 Å². The Morgan fingerprint density at radius 1 is 1.20 bits per heavy atom. The van der Waals surface area contributed by atoms with E-state index in [0.29, 0.717) is 37.2 Å². The van der Waals surface area contributed by atoms with Gasteiger partial charge < -0.3 is 19.2 Å². The number of carbonyl (C=O) groups is 1. The maximum absolute atomic E-state index is 12.6. The zero-order valence-electron chi connectivity index (χ0n) is 19.0. The molecule has 1 aromatic rings. The Morgan fingerprint density at radius 2 is 1.83 bits per heavy atom. The minimum Gasteiger partial charge on any atom is -0.447 e. The highest BCUT2D eigenvalue weighted by molar-refractivity contribution is 5.92. The van der Waals surface area contributed by atoms with Crippen LogP contribution in [-0.2, 0) is 11.3 Å². The van der Waals surface area contributed by atoms with Gasteiger partial charge in [-0.15, -0.1) is 0 Å². The van der Waals surface area contributed by atoms with Crippen LogP contribution in [-0.4, -0.2) is 94.8 Å². The van der Waals surface area contributed by atoms with Crippen molar-refractivity contribution in [3.05, 3.63) is 17.8 Å². The predicted molar refractivity (Wildman–Crippen MR) is 114 cm³/mol. The average molecular weight is 423 g/mol. The molecular formula is C22H38N4O4. The number of ether oxygens (including phenoxy) is 1. The third kappa shape index (κ3) is 7.04. The summed E-state index contributed by atoms with van der Waals surface area (Å²) in [6.45, 7) is 14.9. The molecule has 3 heterocycles. The topological polar surface area (TPSA) is 82.3 Å². The number of oxazole rings is 1. The van der Waals surface area contributed by atoms with Crippen molar-refractivity contribution in [3.8, 4) is 0 Å². The van der Waals surface area contributed by atoms with Gasteiger partial charge in [0.05, 0.1) is 24.9 Å². The van der Waals surface area contributed by atoms with Gasteiger partial charge in [-0.2, -0.15) is 0 Å². The fourth-order valence-corrected chi connectivity index (χ4v) is 3.87. The van der Waals surface area contributed by atoms with Gasteiger partial charge in [-0.25, -0.2) is 4.98 Å². The standard InChI is InChI=1S/C22H38N4O4/c1-17-5-7-26(8-6-17)21(28)19-16-29-20(23-19)14-25-11-9-24(10-12-25)13-18(27)15-30-22(2,3)4/h16-18,27H,5-15H2,1-4H3. The number of β-amino-alcohol motifs (C(OH)–C–C–N with tert-alkyl or cyclic N) is 1. The number of likely N-dealkylation sites (tertiary alicyclic amines) is 1. The molecule has 1 aromatic heterocycles. The van der Waals surface area contributed by atoms with E-state index in [0.717, 1.165) is 52.1 Å². The summed E-state index contributed by atoms with van der Waals surface area (Å²) in [6.07, 6.45) is 3.13. The number of rotatable bonds is 7. The summed E-state index contributed by atoms with van der Waals surface area (Å²) in [5, 5.41) is 10.2. The second kappa shape index (κ2) is 10.2. The third-order valence-corrected chi connectivity index (χ3v) is 5.84. The molecule has 3 rings (SSSR count). The van der Waals surface area contributed by atoms with Crippen molar-refractivity contribution in [1.82, 2.24) is 19.7 Å². The fourth-order valence-electron chi connectivity index (χ4n) is 3.87. The van der Waals surface area contributed by atoms with Gasteiger partial charge in [0.2, 0.25) is 5.89 Å². The van der Waals surface area contributed by atoms with E-state index >= 15 is 0 Å². The van der Waals surface area contributed by atoms with Crippen LogP contribution in [0.25, 0.3) is 0 Å². The summed E-state index contributed by atoms with van der Waals surface area (Å²) in [7, 11) is 0. The molecule has 0 aromatic carbocycles. The van der Waals surface area contributed by atoms with E-state index in [4.69, 9.17) is 9.15 Å². The molecule has 0 radical (unpaired) electrons. The summed E-state index contributed by atoms with van der Waals surface area (Å²) in [5.74, 6) is 1.26. The molecule has 0 saturated carbocycles. The first-order valence-electron chi connectivity index (χ1n) is 11.2. The minimum absolute atomic E-state index is 0.0202. The van der Waals surface area contributed by atoms with Gasteiger partial charge in [-0.1, -0.05) is 6.92 Å². The average Bonchev–Trinajstić information content (AvgIpc) is 3.16. The van der Waals surface area contributed by atoms with Crippen molar-refractivity contribution in [2.45, 2.75) is 58.8 Å². The molecule has 2 saturated heterocycles. The summed E-state index contributed by atoms with van der Waals surface area (Å²) < 4.78 is 11.2. The number of hydrogen-bond acceptors (Lipinski definition) is 7. The number of piperidine rings is 1. The lowest BCUT2D eigenvalue weighted by molar-refractivity contribution is -0.0588. The minimum atomic E-state index is -0.478. The highest BCUT2D eigenvalue weighted by Gasteiger charge is 2.25. The maximum Gasteiger partial charge on any atom is 0.275 e. The molecule has 1 unspecified atom stereocenters. The van der Waals surface area contributed by atoms with Crippen LogP contribution >= 0.6 is 0 Å². The predicted octanol–water partition coefficient (Wildman–Crippen LogP) is 1.84. The molecule has 8 heteroatoms. The molecular weight excluding hydrogens is 384 g/mol. The van der Waals surface area contributed by atoms with Crippen molar-refractivity contribution >= 4 is 5.91 Å². The number of aliphatic hydroxyl groups excluding tert-OH is 1. The highest BCUT2D eigenvalue weighted by atomic mass is 16.5. The fraction of sp³-hybridized carbons (Fsp3) is 0.818. The van der Waals surface area contributed by atoms with Crippen LogP contribution in [0.15, 0.2) is 10.7 Å². The molecule has 2 aliphatic heterocycles. The number of aromatic nitrogens is 1. The molecule has 30 heavy (non-hydrogen) atoms. The monoisotopic (exact) mass is 422 g/mol. The molecule has 0 aliphatic carbocycles. The Balaban J connectivity index is 1.40. The Morgan fingerprint density at radius 3 is 2.47 bits per heavy atom. The molecule has 1 amide bonds. The first-order valence-corrected chi connectivity index (χ1v) is 11.2. The number of aliphatic hydroxyl groups is 1. The Labute approximate surface area is 180 Å². The van der Waals surface area contributed by atoms with Gasteiger partial charge in [0.15, 0.2) is 5.69 Å². The lowest BCUT2D eigenvalue weighted by Gasteiger charge is -2.35. The van der Waals surface area contributed by atoms with Crippen LogP contribution in [0.2, 0.25) is 0 Å². The van der Waals surface area contributed by atoms with E-state index in [1.807, 2.05) is 25.7 Å². The lowest BCUT2D eigenvalue weighted by atomic mass is 9.99. The summed E-state index contributed by atoms with van der Waals surface area (Å²) in [6, 6.07) is 0. The van der Waals surface area contributed by atoms with Crippen LogP contribution in [0.5, 0.6) is 0 Å². The second-order valence-corrected chi connectivity index (χ2v) is 9.76. The second-order valence-electron chi connectivity index (χ2n) is 9.76. The van der Waals surface area contributed by atoms with Crippen LogP contribution in [0.4, 0.5) is 0 Å². The molecule has 170 valence electrons. The number of hydrogen-bond donors (Lipinski definition) is 1. The van der Waals surface area contributed by atoms with Crippen molar-refractivity contribution in [3.63, 3.8) is 0 Å². The van der Waals surface area contributed by atoms with E-state index in [-0.39, 0.29) is 11.5 Å². The van der Waals surface area contributed by atoms with Crippen molar-refractivity contribution in [2.75, 3.05) is 52.4 Å². The molecule has 8 nitrogen and oxygen atoms in total. The summed E-state index contributed by atoms with van der Waals surface area (Å²) >= 11 is 0. The summed E-state index contributed by atoms with van der Waals surface area (Å²) in [5.41, 5.74) is 0.183.